The molecule has 0 saturated heterocycles. The molecule has 0 aliphatic rings. The van der Waals surface area contributed by atoms with Gasteiger partial charge in [0.1, 0.15) is 12.9 Å². The summed E-state index contributed by atoms with van der Waals surface area (Å²) in [5.74, 6) is -0.381. The minimum atomic E-state index is -0.454. The van der Waals surface area contributed by atoms with E-state index in [0.29, 0.717) is 21.5 Å². The van der Waals surface area contributed by atoms with E-state index in [0.717, 1.165) is 0 Å². The van der Waals surface area contributed by atoms with Crippen molar-refractivity contribution < 1.29 is 4.79 Å². The van der Waals surface area contributed by atoms with Gasteiger partial charge in [0.25, 0.3) is 5.56 Å². The van der Waals surface area contributed by atoms with E-state index < -0.39 is 5.56 Å². The number of halogens is 1. The number of nitrogens with one attached hydrogen (secondary N) is 1. The predicted octanol–water partition coefficient (Wildman–Crippen LogP) is 1.73. The van der Waals surface area contributed by atoms with Crippen LogP contribution in [0.2, 0.25) is 5.02 Å². The van der Waals surface area contributed by atoms with Gasteiger partial charge in [0, 0.05) is 16.6 Å². The van der Waals surface area contributed by atoms with Crippen molar-refractivity contribution in [2.45, 2.75) is 6.54 Å². The molecule has 3 heterocycles. The maximum Gasteiger partial charge on any atom is 0.284 e. The third kappa shape index (κ3) is 3.07. The number of hydrogen-bond acceptors (Lipinski definition) is 7. The van der Waals surface area contributed by atoms with Crippen molar-refractivity contribution in [3.63, 3.8) is 0 Å². The Morgan fingerprint density at radius 3 is 2.77 bits per heavy atom. The Morgan fingerprint density at radius 2 is 2.04 bits per heavy atom. The van der Waals surface area contributed by atoms with Crippen molar-refractivity contribution in [3.8, 4) is 5.69 Å². The molecule has 1 amide bonds. The number of fused-ring (bicyclic) bond motifs is 1. The number of hydrogen-bond donors (Lipinski definition) is 1. The number of thiazole rings is 1. The molecule has 4 aromatic rings. The van der Waals surface area contributed by atoms with Crippen molar-refractivity contribution in [2.75, 3.05) is 5.32 Å². The molecule has 3 aromatic heterocycles. The van der Waals surface area contributed by atoms with Gasteiger partial charge in [-0.05, 0) is 24.3 Å². The first-order valence-electron chi connectivity index (χ1n) is 7.38. The molecular formula is C15H10ClN7O2S. The maximum atomic E-state index is 12.6. The van der Waals surface area contributed by atoms with Gasteiger partial charge in [0.05, 0.1) is 5.69 Å². The number of rotatable bonds is 4. The Labute approximate surface area is 154 Å². The third-order valence-corrected chi connectivity index (χ3v) is 4.43. The van der Waals surface area contributed by atoms with Crippen LogP contribution in [0.5, 0.6) is 0 Å². The molecule has 4 rings (SSSR count). The van der Waals surface area contributed by atoms with E-state index in [9.17, 15) is 9.59 Å². The lowest BCUT2D eigenvalue weighted by molar-refractivity contribution is -0.116. The molecule has 0 unspecified atom stereocenters. The van der Waals surface area contributed by atoms with E-state index in [-0.39, 0.29) is 18.0 Å². The lowest BCUT2D eigenvalue weighted by atomic mass is 10.3. The minimum Gasteiger partial charge on any atom is -0.300 e. The van der Waals surface area contributed by atoms with Crippen molar-refractivity contribution in [1.29, 1.82) is 0 Å². The van der Waals surface area contributed by atoms with Crippen LogP contribution in [-0.4, -0.2) is 35.4 Å². The molecule has 0 aliphatic carbocycles. The number of anilines is 1. The number of amides is 1. The van der Waals surface area contributed by atoms with Crippen LogP contribution in [0.15, 0.2) is 47.0 Å². The van der Waals surface area contributed by atoms with E-state index in [1.807, 2.05) is 0 Å². The summed E-state index contributed by atoms with van der Waals surface area (Å²) in [6.07, 6.45) is 2.87. The maximum absolute atomic E-state index is 12.6. The summed E-state index contributed by atoms with van der Waals surface area (Å²) < 4.78 is 2.61. The fourth-order valence-electron chi connectivity index (χ4n) is 2.31. The van der Waals surface area contributed by atoms with Gasteiger partial charge in [-0.2, -0.15) is 4.68 Å². The standard InChI is InChI=1S/C15H10ClN7O2S/c16-9-1-3-10(4-2-9)23-13-12(20-21-23)14(25)22(8-18-13)7-11(24)19-15-17-5-6-26-15/h1-6,8H,7H2,(H,17,19,24). The minimum absolute atomic E-state index is 0.0736. The molecule has 9 nitrogen and oxygen atoms in total. The van der Waals surface area contributed by atoms with Gasteiger partial charge in [-0.3, -0.25) is 14.2 Å². The summed E-state index contributed by atoms with van der Waals surface area (Å²) in [6, 6.07) is 6.89. The highest BCUT2D eigenvalue weighted by Crippen LogP contribution is 2.15. The summed E-state index contributed by atoms with van der Waals surface area (Å²) in [6.45, 7) is -0.199. The van der Waals surface area contributed by atoms with E-state index in [1.165, 1.54) is 26.9 Å². The molecule has 0 saturated carbocycles. The summed E-state index contributed by atoms with van der Waals surface area (Å²) in [7, 11) is 0. The van der Waals surface area contributed by atoms with Crippen molar-refractivity contribution >= 4 is 45.1 Å². The molecule has 0 atom stereocenters. The average Bonchev–Trinajstić information content (AvgIpc) is 3.28. The van der Waals surface area contributed by atoms with E-state index in [2.05, 4.69) is 25.6 Å². The molecule has 130 valence electrons. The summed E-state index contributed by atoms with van der Waals surface area (Å²) in [5.41, 5.74) is 0.589. The van der Waals surface area contributed by atoms with Crippen molar-refractivity contribution in [3.05, 3.63) is 57.5 Å². The van der Waals surface area contributed by atoms with Crippen molar-refractivity contribution in [1.82, 2.24) is 29.5 Å². The Morgan fingerprint density at radius 1 is 1.23 bits per heavy atom. The van der Waals surface area contributed by atoms with Gasteiger partial charge >= 0.3 is 0 Å². The molecular weight excluding hydrogens is 378 g/mol. The summed E-state index contributed by atoms with van der Waals surface area (Å²) in [5, 5.41) is 13.3. The second-order valence-electron chi connectivity index (χ2n) is 5.21. The number of aromatic nitrogens is 6. The van der Waals surface area contributed by atoms with Crippen LogP contribution in [0, 0.1) is 0 Å². The average molecular weight is 388 g/mol. The highest BCUT2D eigenvalue weighted by atomic mass is 35.5. The fraction of sp³-hybridized carbons (Fsp3) is 0.0667. The van der Waals surface area contributed by atoms with Crippen LogP contribution in [0.25, 0.3) is 16.9 Å². The lowest BCUT2D eigenvalue weighted by Crippen LogP contribution is -2.28. The second-order valence-corrected chi connectivity index (χ2v) is 6.54. The third-order valence-electron chi connectivity index (χ3n) is 3.49. The van der Waals surface area contributed by atoms with E-state index in [4.69, 9.17) is 11.6 Å². The Bertz CT molecular complexity index is 1140. The van der Waals surface area contributed by atoms with Crippen LogP contribution >= 0.6 is 22.9 Å². The smallest absolute Gasteiger partial charge is 0.284 e. The van der Waals surface area contributed by atoms with Crippen LogP contribution in [0.4, 0.5) is 5.13 Å². The zero-order valence-electron chi connectivity index (χ0n) is 13.0. The number of benzene rings is 1. The molecule has 0 aliphatic heterocycles. The molecule has 0 fully saturated rings. The second kappa shape index (κ2) is 6.65. The highest BCUT2D eigenvalue weighted by molar-refractivity contribution is 7.13. The summed E-state index contributed by atoms with van der Waals surface area (Å²) >= 11 is 7.17. The normalized spacial score (nSPS) is 11.0. The summed E-state index contributed by atoms with van der Waals surface area (Å²) in [4.78, 5) is 32.8. The largest absolute Gasteiger partial charge is 0.300 e. The molecule has 0 spiro atoms. The number of nitrogens with zero attached hydrogens (tertiary/aromatic N) is 6. The molecule has 0 radical (unpaired) electrons. The van der Waals surface area contributed by atoms with E-state index >= 15 is 0 Å². The monoisotopic (exact) mass is 387 g/mol. The Hall–Kier alpha value is -3.11. The first-order chi connectivity index (χ1) is 12.6. The van der Waals surface area contributed by atoms with Gasteiger partial charge < -0.3 is 5.32 Å². The van der Waals surface area contributed by atoms with Crippen LogP contribution in [0.3, 0.4) is 0 Å². The van der Waals surface area contributed by atoms with Gasteiger partial charge in [0.2, 0.25) is 5.91 Å². The SMILES string of the molecule is O=C(Cn1cnc2c(nnn2-c2ccc(Cl)cc2)c1=O)Nc1nccs1. The highest BCUT2D eigenvalue weighted by Gasteiger charge is 2.15. The van der Waals surface area contributed by atoms with Crippen LogP contribution < -0.4 is 10.9 Å². The molecule has 0 bridgehead atoms. The lowest BCUT2D eigenvalue weighted by Gasteiger charge is -2.05. The first kappa shape index (κ1) is 16.4. The van der Waals surface area contributed by atoms with Gasteiger partial charge in [0.15, 0.2) is 16.3 Å². The fourth-order valence-corrected chi connectivity index (χ4v) is 2.98. The predicted molar refractivity (Wildman–Crippen MR) is 96.7 cm³/mol. The molecule has 26 heavy (non-hydrogen) atoms. The Kier molecular flexibility index (Phi) is 4.19. The molecule has 1 N–H and O–H groups in total. The van der Waals surface area contributed by atoms with E-state index in [1.54, 1.807) is 35.8 Å². The van der Waals surface area contributed by atoms with Gasteiger partial charge in [-0.1, -0.05) is 16.8 Å². The topological polar surface area (TPSA) is 108 Å². The zero-order chi connectivity index (χ0) is 18.1. The zero-order valence-corrected chi connectivity index (χ0v) is 14.6. The van der Waals surface area contributed by atoms with Crippen LogP contribution in [-0.2, 0) is 11.3 Å². The first-order valence-corrected chi connectivity index (χ1v) is 8.64. The molecule has 1 aromatic carbocycles. The number of carbonyl (C=O) groups excluding carboxylic acids is 1. The quantitative estimate of drug-likeness (QED) is 0.571. The van der Waals surface area contributed by atoms with Gasteiger partial charge in [-0.15, -0.1) is 16.4 Å². The van der Waals surface area contributed by atoms with Crippen LogP contribution in [0.1, 0.15) is 0 Å². The van der Waals surface area contributed by atoms with Crippen molar-refractivity contribution in [2.24, 2.45) is 0 Å². The molecule has 11 heteroatoms. The number of carbonyl (C=O) groups is 1. The van der Waals surface area contributed by atoms with Gasteiger partial charge in [-0.25, -0.2) is 9.97 Å². The Balaban J connectivity index is 1.64.